The van der Waals surface area contributed by atoms with Gasteiger partial charge in [-0.2, -0.15) is 10.2 Å². The molecule has 1 N–H and O–H groups in total. The van der Waals surface area contributed by atoms with Gasteiger partial charge >= 0.3 is 0 Å². The van der Waals surface area contributed by atoms with E-state index in [-0.39, 0.29) is 5.91 Å². The molecule has 1 amide bonds. The number of nitrogens with zero attached hydrogens (tertiary/aromatic N) is 4. The smallest absolute Gasteiger partial charge is 0.271 e. The van der Waals surface area contributed by atoms with Crippen LogP contribution in [0.25, 0.3) is 11.3 Å². The maximum atomic E-state index is 12.5. The molecular weight excluding hydrogens is 306 g/mol. The Morgan fingerprint density at radius 3 is 2.67 bits per heavy atom. The fourth-order valence-electron chi connectivity index (χ4n) is 2.42. The quantitative estimate of drug-likeness (QED) is 0.779. The average molecular weight is 325 g/mol. The van der Waals surface area contributed by atoms with Crippen molar-refractivity contribution < 1.29 is 9.53 Å². The molecule has 3 rings (SSSR count). The van der Waals surface area contributed by atoms with E-state index < -0.39 is 0 Å². The highest BCUT2D eigenvalue weighted by molar-refractivity contribution is 5.93. The second-order valence-electron chi connectivity index (χ2n) is 5.50. The zero-order valence-corrected chi connectivity index (χ0v) is 13.9. The molecule has 7 heteroatoms. The largest absolute Gasteiger partial charge is 0.497 e. The Labute approximate surface area is 139 Å². The molecular formula is C17H19N5O2. The third-order valence-electron chi connectivity index (χ3n) is 3.86. The summed E-state index contributed by atoms with van der Waals surface area (Å²) in [6.07, 6.45) is 1.71. The lowest BCUT2D eigenvalue weighted by Crippen LogP contribution is -2.27. The number of H-pyrrole nitrogens is 1. The predicted molar refractivity (Wildman–Crippen MR) is 89.6 cm³/mol. The van der Waals surface area contributed by atoms with E-state index >= 15 is 0 Å². The number of ether oxygens (including phenoxy) is 1. The van der Waals surface area contributed by atoms with Crippen LogP contribution in [0, 0.1) is 0 Å². The van der Waals surface area contributed by atoms with E-state index in [0.717, 1.165) is 22.7 Å². The van der Waals surface area contributed by atoms with Crippen LogP contribution < -0.4 is 4.74 Å². The standard InChI is InChI=1S/C17H19N5O2/c1-21(11-13-8-9-18-22(13)2)17(23)16-10-15(19-20-16)12-4-6-14(24-3)7-5-12/h4-10H,11H2,1-3H3,(H,19,20). The first-order valence-corrected chi connectivity index (χ1v) is 7.50. The number of methoxy groups -OCH3 is 1. The van der Waals surface area contributed by atoms with E-state index in [9.17, 15) is 4.79 Å². The van der Waals surface area contributed by atoms with Crippen LogP contribution in [0.3, 0.4) is 0 Å². The van der Waals surface area contributed by atoms with Crippen LogP contribution in [0.1, 0.15) is 16.2 Å². The molecule has 0 saturated heterocycles. The molecule has 0 atom stereocenters. The summed E-state index contributed by atoms with van der Waals surface area (Å²) in [4.78, 5) is 14.2. The molecule has 0 fully saturated rings. The van der Waals surface area contributed by atoms with Crippen molar-refractivity contribution in [2.75, 3.05) is 14.2 Å². The zero-order valence-electron chi connectivity index (χ0n) is 13.9. The molecule has 0 aliphatic rings. The number of amides is 1. The van der Waals surface area contributed by atoms with Gasteiger partial charge in [0, 0.05) is 25.9 Å². The number of nitrogens with one attached hydrogen (secondary N) is 1. The molecule has 124 valence electrons. The molecule has 3 aromatic rings. The van der Waals surface area contributed by atoms with Crippen LogP contribution >= 0.6 is 0 Å². The molecule has 24 heavy (non-hydrogen) atoms. The van der Waals surface area contributed by atoms with Gasteiger partial charge in [-0.1, -0.05) is 0 Å². The van der Waals surface area contributed by atoms with Crippen molar-refractivity contribution in [1.82, 2.24) is 24.9 Å². The average Bonchev–Trinajstić information content (AvgIpc) is 3.24. The third kappa shape index (κ3) is 3.15. The van der Waals surface area contributed by atoms with Crippen LogP contribution in [0.15, 0.2) is 42.6 Å². The normalized spacial score (nSPS) is 10.6. The number of benzene rings is 1. The fraction of sp³-hybridized carbons (Fsp3) is 0.235. The lowest BCUT2D eigenvalue weighted by molar-refractivity contribution is 0.0776. The number of aryl methyl sites for hydroxylation is 1. The zero-order chi connectivity index (χ0) is 17.1. The maximum Gasteiger partial charge on any atom is 0.271 e. The number of aromatic amines is 1. The van der Waals surface area contributed by atoms with Crippen LogP contribution in [0.2, 0.25) is 0 Å². The first-order chi connectivity index (χ1) is 11.6. The third-order valence-corrected chi connectivity index (χ3v) is 3.86. The van der Waals surface area contributed by atoms with Gasteiger partial charge in [-0.15, -0.1) is 0 Å². The molecule has 2 aromatic heterocycles. The van der Waals surface area contributed by atoms with Crippen molar-refractivity contribution in [3.05, 3.63) is 54.0 Å². The summed E-state index contributed by atoms with van der Waals surface area (Å²) in [7, 11) is 5.23. The molecule has 1 aromatic carbocycles. The number of rotatable bonds is 5. The highest BCUT2D eigenvalue weighted by Crippen LogP contribution is 2.21. The summed E-state index contributed by atoms with van der Waals surface area (Å²) in [5, 5.41) is 11.1. The number of carbonyl (C=O) groups is 1. The van der Waals surface area contributed by atoms with Crippen molar-refractivity contribution in [3.63, 3.8) is 0 Å². The predicted octanol–water partition coefficient (Wildman–Crippen LogP) is 2.09. The first kappa shape index (κ1) is 15.8. The van der Waals surface area contributed by atoms with E-state index in [1.54, 1.807) is 36.0 Å². The second kappa shape index (κ2) is 6.57. The van der Waals surface area contributed by atoms with Gasteiger partial charge in [-0.05, 0) is 36.4 Å². The minimum absolute atomic E-state index is 0.122. The van der Waals surface area contributed by atoms with Crippen LogP contribution in [0.4, 0.5) is 0 Å². The van der Waals surface area contributed by atoms with Crippen LogP contribution in [-0.2, 0) is 13.6 Å². The molecule has 0 saturated carbocycles. The number of hydrogen-bond donors (Lipinski definition) is 1. The van der Waals surface area contributed by atoms with E-state index in [2.05, 4.69) is 15.3 Å². The van der Waals surface area contributed by atoms with Crippen LogP contribution in [0.5, 0.6) is 5.75 Å². The van der Waals surface area contributed by atoms with Gasteiger partial charge in [-0.25, -0.2) is 0 Å². The number of aromatic nitrogens is 4. The van der Waals surface area contributed by atoms with Crippen LogP contribution in [-0.4, -0.2) is 44.9 Å². The SMILES string of the molecule is COc1ccc(-c2cc(C(=O)N(C)Cc3ccnn3C)[nH]n2)cc1. The lowest BCUT2D eigenvalue weighted by Gasteiger charge is -2.15. The molecule has 0 aliphatic carbocycles. The van der Waals surface area contributed by atoms with Crippen molar-refractivity contribution >= 4 is 5.91 Å². The minimum atomic E-state index is -0.122. The summed E-state index contributed by atoms with van der Waals surface area (Å²) in [5.41, 5.74) is 3.04. The maximum absolute atomic E-state index is 12.5. The van der Waals surface area contributed by atoms with Crippen molar-refractivity contribution in [3.8, 4) is 17.0 Å². The van der Waals surface area contributed by atoms with Gasteiger partial charge in [0.1, 0.15) is 11.4 Å². The molecule has 0 radical (unpaired) electrons. The summed E-state index contributed by atoms with van der Waals surface area (Å²) < 4.78 is 6.89. The highest BCUT2D eigenvalue weighted by Gasteiger charge is 2.16. The lowest BCUT2D eigenvalue weighted by atomic mass is 10.1. The molecule has 0 unspecified atom stereocenters. The van der Waals surface area contributed by atoms with Gasteiger partial charge in [0.15, 0.2) is 0 Å². The number of hydrogen-bond acceptors (Lipinski definition) is 4. The van der Waals surface area contributed by atoms with Gasteiger partial charge in [0.25, 0.3) is 5.91 Å². The Balaban J connectivity index is 1.74. The Morgan fingerprint density at radius 1 is 1.29 bits per heavy atom. The van der Waals surface area contributed by atoms with E-state index in [0.29, 0.717) is 12.2 Å². The Hall–Kier alpha value is -3.09. The monoisotopic (exact) mass is 325 g/mol. The van der Waals surface area contributed by atoms with Crippen molar-refractivity contribution in [2.24, 2.45) is 7.05 Å². The molecule has 7 nitrogen and oxygen atoms in total. The topological polar surface area (TPSA) is 76.0 Å². The fourth-order valence-corrected chi connectivity index (χ4v) is 2.42. The van der Waals surface area contributed by atoms with E-state index in [1.807, 2.05) is 37.4 Å². The van der Waals surface area contributed by atoms with Crippen molar-refractivity contribution in [1.29, 1.82) is 0 Å². The van der Waals surface area contributed by atoms with Gasteiger partial charge in [-0.3, -0.25) is 14.6 Å². The molecule has 2 heterocycles. The first-order valence-electron chi connectivity index (χ1n) is 7.50. The minimum Gasteiger partial charge on any atom is -0.497 e. The van der Waals surface area contributed by atoms with Gasteiger partial charge in [0.05, 0.1) is 25.0 Å². The highest BCUT2D eigenvalue weighted by atomic mass is 16.5. The molecule has 0 aliphatic heterocycles. The molecule has 0 bridgehead atoms. The molecule has 0 spiro atoms. The van der Waals surface area contributed by atoms with E-state index in [4.69, 9.17) is 4.74 Å². The summed E-state index contributed by atoms with van der Waals surface area (Å²) in [6.45, 7) is 0.478. The van der Waals surface area contributed by atoms with Gasteiger partial charge in [0.2, 0.25) is 0 Å². The number of carbonyl (C=O) groups excluding carboxylic acids is 1. The summed E-state index contributed by atoms with van der Waals surface area (Å²) >= 11 is 0. The Bertz CT molecular complexity index is 835. The van der Waals surface area contributed by atoms with Crippen molar-refractivity contribution in [2.45, 2.75) is 6.54 Å². The summed E-state index contributed by atoms with van der Waals surface area (Å²) in [5.74, 6) is 0.657. The summed E-state index contributed by atoms with van der Waals surface area (Å²) in [6, 6.07) is 11.2. The second-order valence-corrected chi connectivity index (χ2v) is 5.50. The van der Waals surface area contributed by atoms with Gasteiger partial charge < -0.3 is 9.64 Å². The Morgan fingerprint density at radius 2 is 2.04 bits per heavy atom. The Kier molecular flexibility index (Phi) is 4.33. The van der Waals surface area contributed by atoms with E-state index in [1.165, 1.54) is 0 Å².